The van der Waals surface area contributed by atoms with Crippen LogP contribution in [0.25, 0.3) is 0 Å². The van der Waals surface area contributed by atoms with E-state index in [4.69, 9.17) is 14.2 Å². The minimum Gasteiger partial charge on any atom is -0.497 e. The van der Waals surface area contributed by atoms with Gasteiger partial charge in [0.25, 0.3) is 0 Å². The van der Waals surface area contributed by atoms with Crippen molar-refractivity contribution in [1.82, 2.24) is 19.2 Å². The molecular formula is C20H23N5O6. The highest BCUT2D eigenvalue weighted by atomic mass is 16.7. The third-order valence-corrected chi connectivity index (χ3v) is 5.99. The highest BCUT2D eigenvalue weighted by molar-refractivity contribution is 5.96. The van der Waals surface area contributed by atoms with E-state index in [0.717, 1.165) is 9.25 Å². The number of carbonyl (C=O) groups excluding carboxylic acids is 2. The zero-order valence-electron chi connectivity index (χ0n) is 17.2. The van der Waals surface area contributed by atoms with Crippen LogP contribution in [0.1, 0.15) is 18.7 Å². The van der Waals surface area contributed by atoms with Crippen LogP contribution in [0.2, 0.25) is 0 Å². The van der Waals surface area contributed by atoms with Gasteiger partial charge in [-0.05, 0) is 24.3 Å². The van der Waals surface area contributed by atoms with Crippen molar-refractivity contribution in [1.29, 1.82) is 0 Å². The predicted molar refractivity (Wildman–Crippen MR) is 107 cm³/mol. The Labute approximate surface area is 177 Å². The summed E-state index contributed by atoms with van der Waals surface area (Å²) in [6.45, 7) is 2.08. The highest BCUT2D eigenvalue weighted by Crippen LogP contribution is 2.31. The van der Waals surface area contributed by atoms with Crippen molar-refractivity contribution in [2.24, 2.45) is 0 Å². The number of aromatic nitrogens is 3. The summed E-state index contributed by atoms with van der Waals surface area (Å²) in [5.41, 5.74) is 0.0252. The number of hydrogen-bond acceptors (Lipinski definition) is 7. The second-order valence-corrected chi connectivity index (χ2v) is 7.75. The van der Waals surface area contributed by atoms with Crippen molar-refractivity contribution in [3.8, 4) is 5.75 Å². The van der Waals surface area contributed by atoms with Gasteiger partial charge >= 0.3 is 11.7 Å². The molecule has 164 valence electrons. The van der Waals surface area contributed by atoms with Crippen molar-refractivity contribution in [2.45, 2.75) is 31.7 Å². The van der Waals surface area contributed by atoms with Crippen molar-refractivity contribution in [2.75, 3.05) is 38.3 Å². The number of nitrogens with zero attached hydrogens (tertiary/aromatic N) is 5. The zero-order chi connectivity index (χ0) is 21.6. The van der Waals surface area contributed by atoms with Crippen molar-refractivity contribution >= 4 is 17.6 Å². The quantitative estimate of drug-likeness (QED) is 0.693. The molecule has 0 unspecified atom stereocenters. The average Bonchev–Trinajstić information content (AvgIpc) is 3.46. The Bertz CT molecular complexity index is 1060. The summed E-state index contributed by atoms with van der Waals surface area (Å²) in [5, 5.41) is 4.24. The van der Waals surface area contributed by atoms with E-state index in [0.29, 0.717) is 56.4 Å². The molecule has 0 radical (unpaired) electrons. The molecule has 31 heavy (non-hydrogen) atoms. The van der Waals surface area contributed by atoms with Gasteiger partial charge < -0.3 is 19.1 Å². The van der Waals surface area contributed by atoms with E-state index in [2.05, 4.69) is 5.10 Å². The summed E-state index contributed by atoms with van der Waals surface area (Å²) >= 11 is 0. The van der Waals surface area contributed by atoms with Crippen LogP contribution in [0, 0.1) is 0 Å². The van der Waals surface area contributed by atoms with Crippen LogP contribution in [-0.2, 0) is 27.4 Å². The van der Waals surface area contributed by atoms with Crippen LogP contribution in [0.3, 0.4) is 0 Å². The molecule has 1 aromatic heterocycles. The number of anilines is 1. The van der Waals surface area contributed by atoms with Gasteiger partial charge in [-0.3, -0.25) is 9.69 Å². The van der Waals surface area contributed by atoms with Crippen LogP contribution in [-0.4, -0.2) is 70.4 Å². The van der Waals surface area contributed by atoms with Gasteiger partial charge in [0, 0.05) is 31.6 Å². The number of hydrogen-bond donors (Lipinski definition) is 0. The summed E-state index contributed by atoms with van der Waals surface area (Å²) in [7, 11) is 1.56. The van der Waals surface area contributed by atoms with E-state index >= 15 is 0 Å². The molecule has 4 heterocycles. The number of fused-ring (bicyclic) bond motifs is 1. The van der Waals surface area contributed by atoms with Crippen LogP contribution < -0.4 is 15.3 Å². The van der Waals surface area contributed by atoms with Crippen molar-refractivity contribution < 1.29 is 23.8 Å². The van der Waals surface area contributed by atoms with Gasteiger partial charge in [-0.15, -0.1) is 0 Å². The molecule has 3 aliphatic heterocycles. The molecule has 2 aromatic rings. The second-order valence-electron chi connectivity index (χ2n) is 7.75. The zero-order valence-corrected chi connectivity index (χ0v) is 17.2. The molecule has 0 N–H and O–H groups in total. The second kappa shape index (κ2) is 7.50. The van der Waals surface area contributed by atoms with Gasteiger partial charge in [0.15, 0.2) is 11.6 Å². The van der Waals surface area contributed by atoms with Crippen LogP contribution in [0.15, 0.2) is 29.1 Å². The standard InChI is InChI=1S/C20H23N5O6/c1-29-15-4-2-14(3-5-15)23-12-16-21-24(19(28)25(16)18(23)27)13-17(26)22-8-6-20(7-9-22)30-10-11-31-20/h2-5H,6-13H2,1H3. The first-order valence-corrected chi connectivity index (χ1v) is 10.2. The Morgan fingerprint density at radius 3 is 2.42 bits per heavy atom. The van der Waals surface area contributed by atoms with Crippen LogP contribution >= 0.6 is 0 Å². The highest BCUT2D eigenvalue weighted by Gasteiger charge is 2.41. The number of ether oxygens (including phenoxy) is 3. The maximum absolute atomic E-state index is 12.8. The maximum atomic E-state index is 12.8. The van der Waals surface area contributed by atoms with Crippen LogP contribution in [0.5, 0.6) is 5.75 Å². The first-order chi connectivity index (χ1) is 15.0. The van der Waals surface area contributed by atoms with Gasteiger partial charge in [0.2, 0.25) is 5.91 Å². The van der Waals surface area contributed by atoms with E-state index < -0.39 is 17.5 Å². The number of benzene rings is 1. The Hall–Kier alpha value is -3.18. The van der Waals surface area contributed by atoms with Gasteiger partial charge in [-0.25, -0.2) is 14.3 Å². The number of methoxy groups -OCH3 is 1. The molecule has 2 saturated heterocycles. The van der Waals surface area contributed by atoms with E-state index in [1.165, 1.54) is 4.90 Å². The monoisotopic (exact) mass is 429 g/mol. The number of rotatable bonds is 4. The molecule has 11 nitrogen and oxygen atoms in total. The molecule has 0 bridgehead atoms. The minimum absolute atomic E-state index is 0.155. The fourth-order valence-corrected chi connectivity index (χ4v) is 4.25. The largest absolute Gasteiger partial charge is 0.497 e. The maximum Gasteiger partial charge on any atom is 0.354 e. The summed E-state index contributed by atoms with van der Waals surface area (Å²) in [4.78, 5) is 41.4. The normalized spacial score (nSPS) is 19.8. The lowest BCUT2D eigenvalue weighted by molar-refractivity contribution is -0.187. The molecule has 5 rings (SSSR count). The van der Waals surface area contributed by atoms with E-state index in [-0.39, 0.29) is 19.0 Å². The molecule has 1 spiro atoms. The third kappa shape index (κ3) is 3.39. The number of carbonyl (C=O) groups is 2. The first-order valence-electron chi connectivity index (χ1n) is 10.2. The van der Waals surface area contributed by atoms with Crippen LogP contribution in [0.4, 0.5) is 10.5 Å². The molecule has 0 saturated carbocycles. The summed E-state index contributed by atoms with van der Waals surface area (Å²) in [5.74, 6) is 0.194. The van der Waals surface area contributed by atoms with Gasteiger partial charge in [-0.1, -0.05) is 0 Å². The number of likely N-dealkylation sites (tertiary alicyclic amines) is 1. The van der Waals surface area contributed by atoms with Crippen molar-refractivity contribution in [3.05, 3.63) is 40.6 Å². The number of amides is 2. The Morgan fingerprint density at radius 1 is 1.13 bits per heavy atom. The van der Waals surface area contributed by atoms with E-state index in [1.54, 1.807) is 36.3 Å². The summed E-state index contributed by atoms with van der Waals surface area (Å²) < 4.78 is 18.6. The Balaban J connectivity index is 1.26. The first kappa shape index (κ1) is 19.8. The minimum atomic E-state index is -0.611. The summed E-state index contributed by atoms with van der Waals surface area (Å²) in [6, 6.07) is 6.48. The van der Waals surface area contributed by atoms with Gasteiger partial charge in [-0.2, -0.15) is 9.67 Å². The lowest BCUT2D eigenvalue weighted by Crippen LogP contribution is -2.48. The average molecular weight is 429 g/mol. The fourth-order valence-electron chi connectivity index (χ4n) is 4.25. The molecule has 3 aliphatic rings. The SMILES string of the molecule is COc1ccc(N2Cc3nn(CC(=O)N4CCC5(CC4)OCCO5)c(=O)n3C2=O)cc1. The molecule has 2 amide bonds. The fraction of sp³-hybridized carbons (Fsp3) is 0.500. The van der Waals surface area contributed by atoms with Gasteiger partial charge in [0.1, 0.15) is 12.3 Å². The van der Waals surface area contributed by atoms with E-state index in [1.807, 2.05) is 0 Å². The smallest absolute Gasteiger partial charge is 0.354 e. The summed E-state index contributed by atoms with van der Waals surface area (Å²) in [6.07, 6.45) is 1.20. The molecule has 11 heteroatoms. The Morgan fingerprint density at radius 2 is 1.81 bits per heavy atom. The Kier molecular flexibility index (Phi) is 4.78. The molecule has 0 aliphatic carbocycles. The molecule has 2 fully saturated rings. The molecule has 1 aromatic carbocycles. The lowest BCUT2D eigenvalue weighted by Gasteiger charge is -2.37. The third-order valence-electron chi connectivity index (χ3n) is 5.99. The molecular weight excluding hydrogens is 406 g/mol. The molecule has 0 atom stereocenters. The number of piperidine rings is 1. The van der Waals surface area contributed by atoms with Gasteiger partial charge in [0.05, 0.1) is 26.9 Å². The van der Waals surface area contributed by atoms with E-state index in [9.17, 15) is 14.4 Å². The topological polar surface area (TPSA) is 108 Å². The predicted octanol–water partition coefficient (Wildman–Crippen LogP) is 0.407. The van der Waals surface area contributed by atoms with Crippen molar-refractivity contribution in [3.63, 3.8) is 0 Å². The lowest BCUT2D eigenvalue weighted by atomic mass is 10.0.